The lowest BCUT2D eigenvalue weighted by molar-refractivity contribution is -0.140. The molecule has 0 aliphatic rings. The van der Waals surface area contributed by atoms with E-state index < -0.39 is 16.1 Å². The number of benzene rings is 2. The van der Waals surface area contributed by atoms with Crippen LogP contribution in [0.25, 0.3) is 0 Å². The van der Waals surface area contributed by atoms with Crippen LogP contribution < -0.4 is 5.32 Å². The van der Waals surface area contributed by atoms with Crippen molar-refractivity contribution in [3.8, 4) is 0 Å². The Bertz CT molecular complexity index is 949. The summed E-state index contributed by atoms with van der Waals surface area (Å²) in [5.74, 6) is -0.399. The Balaban J connectivity index is 2.03. The predicted molar refractivity (Wildman–Crippen MR) is 121 cm³/mol. The van der Waals surface area contributed by atoms with Crippen molar-refractivity contribution in [2.45, 2.75) is 44.2 Å². The third-order valence-electron chi connectivity index (χ3n) is 5.03. The summed E-state index contributed by atoms with van der Waals surface area (Å²) in [5.41, 5.74) is 0.927. The van der Waals surface area contributed by atoms with Crippen LogP contribution in [0.5, 0.6) is 0 Å². The molecule has 0 unspecified atom stereocenters. The molecule has 0 radical (unpaired) electrons. The minimum absolute atomic E-state index is 0.144. The molecule has 0 bridgehead atoms. The highest BCUT2D eigenvalue weighted by atomic mass is 32.2. The molecule has 8 heteroatoms. The van der Waals surface area contributed by atoms with Crippen LogP contribution in [0.2, 0.25) is 0 Å². The summed E-state index contributed by atoms with van der Waals surface area (Å²) in [6.07, 6.45) is 0.500. The van der Waals surface area contributed by atoms with Crippen molar-refractivity contribution >= 4 is 21.8 Å². The molecule has 0 fully saturated rings. The Morgan fingerprint density at radius 2 is 1.58 bits per heavy atom. The number of carbonyl (C=O) groups excluding carboxylic acids is 2. The van der Waals surface area contributed by atoms with Crippen LogP contribution >= 0.6 is 0 Å². The molecule has 0 aromatic heterocycles. The minimum atomic E-state index is -3.60. The third-order valence-corrected chi connectivity index (χ3v) is 6.90. The molecule has 0 saturated heterocycles. The molecule has 2 aromatic rings. The van der Waals surface area contributed by atoms with Crippen molar-refractivity contribution in [1.29, 1.82) is 0 Å². The normalized spacial score (nSPS) is 12.4. The lowest BCUT2D eigenvalue weighted by Crippen LogP contribution is -2.47. The topological polar surface area (TPSA) is 86.8 Å². The molecular formula is C23H31N3O4S. The van der Waals surface area contributed by atoms with Gasteiger partial charge >= 0.3 is 0 Å². The first-order valence-electron chi connectivity index (χ1n) is 10.4. The first-order chi connectivity index (χ1) is 14.8. The van der Waals surface area contributed by atoms with Gasteiger partial charge in [0, 0.05) is 33.1 Å². The maximum atomic E-state index is 13.0. The van der Waals surface area contributed by atoms with Crippen molar-refractivity contribution in [1.82, 2.24) is 14.5 Å². The number of nitrogens with one attached hydrogen (secondary N) is 1. The molecule has 2 aromatic carbocycles. The fourth-order valence-electron chi connectivity index (χ4n) is 3.17. The SMILES string of the molecule is CCNC(=O)[C@H](C)N(Cc1ccccc1)C(=O)CCCN(C)S(=O)(=O)c1ccccc1. The summed E-state index contributed by atoms with van der Waals surface area (Å²) in [6.45, 7) is 4.54. The summed E-state index contributed by atoms with van der Waals surface area (Å²) in [6, 6.07) is 17.1. The van der Waals surface area contributed by atoms with Gasteiger partial charge in [0.15, 0.2) is 0 Å². The molecule has 0 aliphatic heterocycles. The Morgan fingerprint density at radius 3 is 2.16 bits per heavy atom. The molecular weight excluding hydrogens is 414 g/mol. The largest absolute Gasteiger partial charge is 0.355 e. The van der Waals surface area contributed by atoms with E-state index in [1.165, 1.54) is 11.4 Å². The first-order valence-corrected chi connectivity index (χ1v) is 11.8. The predicted octanol–water partition coefficient (Wildman–Crippen LogP) is 2.64. The van der Waals surface area contributed by atoms with Gasteiger partial charge in [-0.1, -0.05) is 48.5 Å². The molecule has 7 nitrogen and oxygen atoms in total. The monoisotopic (exact) mass is 445 g/mol. The van der Waals surface area contributed by atoms with Crippen LogP contribution in [-0.2, 0) is 26.2 Å². The quantitative estimate of drug-likeness (QED) is 0.576. The van der Waals surface area contributed by atoms with E-state index >= 15 is 0 Å². The fraction of sp³-hybridized carbons (Fsp3) is 0.391. The van der Waals surface area contributed by atoms with Crippen LogP contribution in [0.15, 0.2) is 65.6 Å². The molecule has 1 atom stereocenters. The molecule has 2 amide bonds. The average molecular weight is 446 g/mol. The fourth-order valence-corrected chi connectivity index (χ4v) is 4.40. The zero-order chi connectivity index (χ0) is 22.9. The molecule has 2 rings (SSSR count). The summed E-state index contributed by atoms with van der Waals surface area (Å²) < 4.78 is 26.5. The van der Waals surface area contributed by atoms with Gasteiger partial charge in [0.1, 0.15) is 6.04 Å². The van der Waals surface area contributed by atoms with Gasteiger partial charge in [-0.15, -0.1) is 0 Å². The van der Waals surface area contributed by atoms with E-state index in [0.29, 0.717) is 19.5 Å². The number of hydrogen-bond acceptors (Lipinski definition) is 4. The number of carbonyl (C=O) groups is 2. The van der Waals surface area contributed by atoms with E-state index in [4.69, 9.17) is 0 Å². The molecule has 31 heavy (non-hydrogen) atoms. The Morgan fingerprint density at radius 1 is 1.00 bits per heavy atom. The van der Waals surface area contributed by atoms with Gasteiger partial charge in [-0.2, -0.15) is 0 Å². The molecule has 0 heterocycles. The Labute approximate surface area is 185 Å². The highest BCUT2D eigenvalue weighted by Gasteiger charge is 2.26. The lowest BCUT2D eigenvalue weighted by atomic mass is 10.1. The van der Waals surface area contributed by atoms with Gasteiger partial charge < -0.3 is 10.2 Å². The Kier molecular flexibility index (Phi) is 9.21. The third kappa shape index (κ3) is 6.90. The van der Waals surface area contributed by atoms with E-state index in [9.17, 15) is 18.0 Å². The molecule has 0 aliphatic carbocycles. The number of sulfonamides is 1. The van der Waals surface area contributed by atoms with E-state index in [1.807, 2.05) is 37.3 Å². The van der Waals surface area contributed by atoms with Crippen molar-refractivity contribution in [3.63, 3.8) is 0 Å². The van der Waals surface area contributed by atoms with Gasteiger partial charge in [0.2, 0.25) is 21.8 Å². The second kappa shape index (κ2) is 11.6. The van der Waals surface area contributed by atoms with Gasteiger partial charge in [0.05, 0.1) is 4.90 Å². The van der Waals surface area contributed by atoms with Crippen molar-refractivity contribution in [2.75, 3.05) is 20.1 Å². The molecule has 168 valence electrons. The standard InChI is InChI=1S/C23H31N3O4S/c1-4-24-23(28)19(2)26(18-20-12-7-5-8-13-20)22(27)16-11-17-25(3)31(29,30)21-14-9-6-10-15-21/h5-10,12-15,19H,4,11,16-18H2,1-3H3,(H,24,28)/t19-/m0/s1. The lowest BCUT2D eigenvalue weighted by Gasteiger charge is -2.29. The van der Waals surface area contributed by atoms with E-state index in [0.717, 1.165) is 5.56 Å². The average Bonchev–Trinajstić information content (AvgIpc) is 2.78. The van der Waals surface area contributed by atoms with E-state index in [2.05, 4.69) is 5.32 Å². The molecule has 1 N–H and O–H groups in total. The minimum Gasteiger partial charge on any atom is -0.355 e. The summed E-state index contributed by atoms with van der Waals surface area (Å²) in [7, 11) is -2.09. The van der Waals surface area contributed by atoms with E-state index in [1.54, 1.807) is 42.2 Å². The first kappa shape index (κ1) is 24.6. The highest BCUT2D eigenvalue weighted by Crippen LogP contribution is 2.15. The number of rotatable bonds is 11. The van der Waals surface area contributed by atoms with Crippen LogP contribution in [0, 0.1) is 0 Å². The van der Waals surface area contributed by atoms with E-state index in [-0.39, 0.29) is 29.7 Å². The van der Waals surface area contributed by atoms with Crippen LogP contribution in [0.1, 0.15) is 32.3 Å². The number of amides is 2. The smallest absolute Gasteiger partial charge is 0.242 e. The summed E-state index contributed by atoms with van der Waals surface area (Å²) in [4.78, 5) is 27.1. The maximum Gasteiger partial charge on any atom is 0.242 e. The number of hydrogen-bond donors (Lipinski definition) is 1. The number of likely N-dealkylation sites (N-methyl/N-ethyl adjacent to an activating group) is 1. The van der Waals surface area contributed by atoms with Gasteiger partial charge in [-0.25, -0.2) is 12.7 Å². The van der Waals surface area contributed by atoms with Crippen molar-refractivity contribution in [3.05, 3.63) is 66.2 Å². The maximum absolute atomic E-state index is 13.0. The van der Waals surface area contributed by atoms with Crippen LogP contribution in [0.3, 0.4) is 0 Å². The van der Waals surface area contributed by atoms with Gasteiger partial charge in [-0.05, 0) is 38.0 Å². The highest BCUT2D eigenvalue weighted by molar-refractivity contribution is 7.89. The molecule has 0 spiro atoms. The van der Waals surface area contributed by atoms with Gasteiger partial charge in [0.25, 0.3) is 0 Å². The Hall–Kier alpha value is -2.71. The van der Waals surface area contributed by atoms with Gasteiger partial charge in [-0.3, -0.25) is 9.59 Å². The van der Waals surface area contributed by atoms with Crippen molar-refractivity contribution in [2.24, 2.45) is 0 Å². The van der Waals surface area contributed by atoms with Crippen LogP contribution in [-0.4, -0.2) is 55.6 Å². The second-order valence-electron chi connectivity index (χ2n) is 7.32. The molecule has 0 saturated carbocycles. The summed E-state index contributed by atoms with van der Waals surface area (Å²) in [5, 5.41) is 2.76. The second-order valence-corrected chi connectivity index (χ2v) is 9.37. The number of nitrogens with zero attached hydrogens (tertiary/aromatic N) is 2. The van der Waals surface area contributed by atoms with Crippen LogP contribution in [0.4, 0.5) is 0 Å². The zero-order valence-electron chi connectivity index (χ0n) is 18.3. The summed E-state index contributed by atoms with van der Waals surface area (Å²) >= 11 is 0. The zero-order valence-corrected chi connectivity index (χ0v) is 19.1. The van der Waals surface area contributed by atoms with Crippen molar-refractivity contribution < 1.29 is 18.0 Å².